The number of hydrogen-bond acceptors (Lipinski definition) is 3. The average molecular weight is 400 g/mol. The van der Waals surface area contributed by atoms with Crippen molar-refractivity contribution >= 4 is 11.6 Å². The van der Waals surface area contributed by atoms with Crippen LogP contribution in [0.25, 0.3) is 0 Å². The van der Waals surface area contributed by atoms with E-state index in [0.29, 0.717) is 18.1 Å². The summed E-state index contributed by atoms with van der Waals surface area (Å²) in [6.45, 7) is 1.96. The largest absolute Gasteiger partial charge is 0.493 e. The van der Waals surface area contributed by atoms with E-state index in [1.54, 1.807) is 19.2 Å². The molecule has 0 aromatic heterocycles. The average Bonchev–Trinajstić information content (AvgIpc) is 2.72. The van der Waals surface area contributed by atoms with Gasteiger partial charge >= 0.3 is 0 Å². The summed E-state index contributed by atoms with van der Waals surface area (Å²) in [5.74, 6) is 1.09. The third-order valence-corrected chi connectivity index (χ3v) is 4.62. The molecular formula is C23H23ClFNO2. The van der Waals surface area contributed by atoms with Crippen molar-refractivity contribution in [1.29, 1.82) is 0 Å². The first-order chi connectivity index (χ1) is 13.6. The molecular weight excluding hydrogens is 377 g/mol. The van der Waals surface area contributed by atoms with E-state index in [-0.39, 0.29) is 5.82 Å². The predicted octanol–water partition coefficient (Wildman–Crippen LogP) is 5.40. The highest BCUT2D eigenvalue weighted by Gasteiger charge is 2.07. The molecule has 0 fully saturated rings. The van der Waals surface area contributed by atoms with Gasteiger partial charge in [-0.25, -0.2) is 4.39 Å². The van der Waals surface area contributed by atoms with Gasteiger partial charge in [-0.05, 0) is 66.1 Å². The van der Waals surface area contributed by atoms with Gasteiger partial charge in [-0.3, -0.25) is 0 Å². The lowest BCUT2D eigenvalue weighted by atomic mass is 10.1. The smallest absolute Gasteiger partial charge is 0.161 e. The molecule has 0 aliphatic carbocycles. The van der Waals surface area contributed by atoms with Gasteiger partial charge in [-0.2, -0.15) is 0 Å². The molecule has 28 heavy (non-hydrogen) atoms. The van der Waals surface area contributed by atoms with Crippen LogP contribution < -0.4 is 14.8 Å². The molecule has 0 radical (unpaired) electrons. The Hall–Kier alpha value is -2.56. The molecule has 0 bridgehead atoms. The van der Waals surface area contributed by atoms with Crippen LogP contribution in [0.2, 0.25) is 5.02 Å². The van der Waals surface area contributed by atoms with Crippen molar-refractivity contribution in [1.82, 2.24) is 5.32 Å². The number of hydrogen-bond donors (Lipinski definition) is 1. The van der Waals surface area contributed by atoms with Crippen LogP contribution in [-0.4, -0.2) is 13.7 Å². The van der Waals surface area contributed by atoms with Crippen LogP contribution in [0.5, 0.6) is 11.5 Å². The van der Waals surface area contributed by atoms with Crippen molar-refractivity contribution in [2.45, 2.75) is 19.6 Å². The summed E-state index contributed by atoms with van der Waals surface area (Å²) >= 11 is 5.91. The second-order valence-electron chi connectivity index (χ2n) is 6.45. The van der Waals surface area contributed by atoms with Crippen molar-refractivity contribution < 1.29 is 13.9 Å². The van der Waals surface area contributed by atoms with Gasteiger partial charge in [0.15, 0.2) is 11.5 Å². The molecule has 1 N–H and O–H groups in total. The Kier molecular flexibility index (Phi) is 7.29. The molecule has 0 atom stereocenters. The summed E-state index contributed by atoms with van der Waals surface area (Å²) in [6.07, 6.45) is 0.938. The third kappa shape index (κ3) is 5.98. The number of halogens is 2. The fourth-order valence-corrected chi connectivity index (χ4v) is 2.93. The highest BCUT2D eigenvalue weighted by molar-refractivity contribution is 6.30. The zero-order valence-corrected chi connectivity index (χ0v) is 16.5. The Morgan fingerprint density at radius 1 is 0.857 bits per heavy atom. The molecule has 0 saturated carbocycles. The van der Waals surface area contributed by atoms with E-state index in [4.69, 9.17) is 21.1 Å². The van der Waals surface area contributed by atoms with Crippen LogP contribution in [0.1, 0.15) is 16.7 Å². The normalized spacial score (nSPS) is 10.7. The van der Waals surface area contributed by atoms with Crippen molar-refractivity contribution in [2.24, 2.45) is 0 Å². The lowest BCUT2D eigenvalue weighted by Gasteiger charge is -2.13. The maximum atomic E-state index is 13.0. The topological polar surface area (TPSA) is 30.5 Å². The van der Waals surface area contributed by atoms with Crippen molar-refractivity contribution in [2.75, 3.05) is 13.7 Å². The number of rotatable bonds is 9. The van der Waals surface area contributed by atoms with Crippen molar-refractivity contribution in [3.8, 4) is 11.5 Å². The number of nitrogens with one attached hydrogen (secondary N) is 1. The first kappa shape index (κ1) is 20.2. The minimum Gasteiger partial charge on any atom is -0.493 e. The molecule has 0 spiro atoms. The van der Waals surface area contributed by atoms with Gasteiger partial charge in [-0.1, -0.05) is 41.9 Å². The summed E-state index contributed by atoms with van der Waals surface area (Å²) in [7, 11) is 1.62. The van der Waals surface area contributed by atoms with Crippen LogP contribution in [0, 0.1) is 5.82 Å². The molecule has 0 unspecified atom stereocenters. The van der Waals surface area contributed by atoms with Crippen LogP contribution in [-0.2, 0) is 19.6 Å². The molecule has 3 aromatic rings. The highest BCUT2D eigenvalue weighted by Crippen LogP contribution is 2.29. The molecule has 3 aromatic carbocycles. The summed E-state index contributed by atoms with van der Waals surface area (Å²) in [4.78, 5) is 0. The molecule has 0 aliphatic rings. The van der Waals surface area contributed by atoms with E-state index in [0.717, 1.165) is 35.7 Å². The fraction of sp³-hybridized carbons (Fsp3) is 0.217. The second kappa shape index (κ2) is 10.1. The molecule has 3 nitrogen and oxygen atoms in total. The Balaban J connectivity index is 1.50. The van der Waals surface area contributed by atoms with Gasteiger partial charge in [0.1, 0.15) is 12.4 Å². The second-order valence-corrected chi connectivity index (χ2v) is 6.89. The number of ether oxygens (including phenoxy) is 2. The number of benzene rings is 3. The summed E-state index contributed by atoms with van der Waals surface area (Å²) in [6, 6.07) is 20.1. The zero-order chi connectivity index (χ0) is 19.8. The van der Waals surface area contributed by atoms with Crippen LogP contribution in [0.4, 0.5) is 4.39 Å². The van der Waals surface area contributed by atoms with E-state index >= 15 is 0 Å². The summed E-state index contributed by atoms with van der Waals surface area (Å²) < 4.78 is 24.3. The molecule has 0 aliphatic heterocycles. The van der Waals surface area contributed by atoms with Gasteiger partial charge in [-0.15, -0.1) is 0 Å². The van der Waals surface area contributed by atoms with E-state index < -0.39 is 0 Å². The Morgan fingerprint density at radius 3 is 2.25 bits per heavy atom. The molecule has 0 saturated heterocycles. The highest BCUT2D eigenvalue weighted by atomic mass is 35.5. The van der Waals surface area contributed by atoms with Gasteiger partial charge < -0.3 is 14.8 Å². The van der Waals surface area contributed by atoms with Gasteiger partial charge in [0.05, 0.1) is 7.11 Å². The van der Waals surface area contributed by atoms with E-state index in [1.165, 1.54) is 17.7 Å². The van der Waals surface area contributed by atoms with Gasteiger partial charge in [0.2, 0.25) is 0 Å². The Labute approximate surface area is 170 Å². The fourth-order valence-electron chi connectivity index (χ4n) is 2.80. The first-order valence-electron chi connectivity index (χ1n) is 9.13. The minimum absolute atomic E-state index is 0.255. The van der Waals surface area contributed by atoms with E-state index in [9.17, 15) is 4.39 Å². The van der Waals surface area contributed by atoms with Gasteiger partial charge in [0, 0.05) is 11.6 Å². The van der Waals surface area contributed by atoms with Crippen LogP contribution in [0.15, 0.2) is 66.7 Å². The summed E-state index contributed by atoms with van der Waals surface area (Å²) in [5.41, 5.74) is 3.26. The summed E-state index contributed by atoms with van der Waals surface area (Å²) in [5, 5.41) is 4.19. The van der Waals surface area contributed by atoms with E-state index in [1.807, 2.05) is 42.5 Å². The quantitative estimate of drug-likeness (QED) is 0.489. The lowest BCUT2D eigenvalue weighted by molar-refractivity contribution is 0.284. The Morgan fingerprint density at radius 2 is 1.54 bits per heavy atom. The minimum atomic E-state index is -0.255. The van der Waals surface area contributed by atoms with Crippen molar-refractivity contribution in [3.05, 3.63) is 94.3 Å². The maximum Gasteiger partial charge on any atom is 0.161 e. The lowest BCUT2D eigenvalue weighted by Crippen LogP contribution is -2.16. The monoisotopic (exact) mass is 399 g/mol. The number of methoxy groups -OCH3 is 1. The van der Waals surface area contributed by atoms with Crippen molar-refractivity contribution in [3.63, 3.8) is 0 Å². The standard InChI is InChI=1S/C23H23ClFNO2/c1-27-23-14-19(15-26-13-12-17-2-7-20(24)8-3-17)6-11-22(23)28-16-18-4-9-21(25)10-5-18/h2-11,14,26H,12-13,15-16H2,1H3. The SMILES string of the molecule is COc1cc(CNCCc2ccc(Cl)cc2)ccc1OCc1ccc(F)cc1. The first-order valence-corrected chi connectivity index (χ1v) is 9.51. The molecule has 146 valence electrons. The van der Waals surface area contributed by atoms with E-state index in [2.05, 4.69) is 5.32 Å². The predicted molar refractivity (Wildman–Crippen MR) is 111 cm³/mol. The van der Waals surface area contributed by atoms with Crippen LogP contribution >= 0.6 is 11.6 Å². The van der Waals surface area contributed by atoms with Crippen LogP contribution in [0.3, 0.4) is 0 Å². The molecule has 0 heterocycles. The zero-order valence-electron chi connectivity index (χ0n) is 15.8. The van der Waals surface area contributed by atoms with Gasteiger partial charge in [0.25, 0.3) is 0 Å². The third-order valence-electron chi connectivity index (χ3n) is 4.37. The Bertz CT molecular complexity index is 882. The molecule has 0 amide bonds. The molecule has 3 rings (SSSR count). The molecule has 5 heteroatoms. The maximum absolute atomic E-state index is 13.0.